The lowest BCUT2D eigenvalue weighted by Gasteiger charge is -2.26. The van der Waals surface area contributed by atoms with Gasteiger partial charge in [0.05, 0.1) is 12.0 Å². The Balaban J connectivity index is 2.57. The van der Waals surface area contributed by atoms with Crippen molar-refractivity contribution in [1.82, 2.24) is 10.6 Å². The van der Waals surface area contributed by atoms with Crippen molar-refractivity contribution in [3.8, 4) is 0 Å². The summed E-state index contributed by atoms with van der Waals surface area (Å²) in [6.45, 7) is 3.44. The van der Waals surface area contributed by atoms with E-state index >= 15 is 0 Å². The molecule has 3 N–H and O–H groups in total. The normalized spacial score (nSPS) is 11.9. The Hall–Kier alpha value is -2.25. The molecule has 0 radical (unpaired) electrons. The zero-order valence-electron chi connectivity index (χ0n) is 12.8. The van der Waals surface area contributed by atoms with Crippen molar-refractivity contribution in [2.75, 3.05) is 6.54 Å². The number of hydrogen-bond acceptors (Lipinski definition) is 2. The molecule has 0 aliphatic rings. The highest BCUT2D eigenvalue weighted by molar-refractivity contribution is 5.75. The highest BCUT2D eigenvalue weighted by atomic mass is 19.4. The second-order valence-corrected chi connectivity index (χ2v) is 5.78. The molecule has 1 aromatic rings. The predicted molar refractivity (Wildman–Crippen MR) is 78.0 cm³/mol. The summed E-state index contributed by atoms with van der Waals surface area (Å²) < 4.78 is 37.5. The van der Waals surface area contributed by atoms with Gasteiger partial charge < -0.3 is 15.7 Å². The first kappa shape index (κ1) is 18.8. The Morgan fingerprint density at radius 3 is 2.17 bits per heavy atom. The molecule has 0 unspecified atom stereocenters. The highest BCUT2D eigenvalue weighted by Crippen LogP contribution is 2.29. The maximum atomic E-state index is 12.5. The number of amides is 2. The summed E-state index contributed by atoms with van der Waals surface area (Å²) in [6, 6.07) is 4.21. The fraction of sp³-hybridized carbons (Fsp3) is 0.467. The van der Waals surface area contributed by atoms with Crippen molar-refractivity contribution < 1.29 is 27.9 Å². The Morgan fingerprint density at radius 2 is 1.70 bits per heavy atom. The fourth-order valence-corrected chi connectivity index (χ4v) is 2.00. The Kier molecular flexibility index (Phi) is 6.00. The van der Waals surface area contributed by atoms with Crippen LogP contribution in [0.1, 0.15) is 31.4 Å². The molecular weight excluding hydrogens is 313 g/mol. The Labute approximate surface area is 131 Å². The maximum Gasteiger partial charge on any atom is 0.416 e. The second kappa shape index (κ2) is 7.34. The maximum absolute atomic E-state index is 12.5. The largest absolute Gasteiger partial charge is 0.481 e. The topological polar surface area (TPSA) is 78.4 Å². The molecule has 23 heavy (non-hydrogen) atoms. The first-order valence-electron chi connectivity index (χ1n) is 6.93. The van der Waals surface area contributed by atoms with Gasteiger partial charge in [-0.2, -0.15) is 13.2 Å². The number of carboxylic acid groups (broad SMARTS) is 1. The van der Waals surface area contributed by atoms with Gasteiger partial charge in [-0.1, -0.05) is 12.1 Å². The summed E-state index contributed by atoms with van der Waals surface area (Å²) >= 11 is 0. The van der Waals surface area contributed by atoms with E-state index in [1.54, 1.807) is 13.8 Å². The molecule has 8 heteroatoms. The van der Waals surface area contributed by atoms with E-state index in [0.717, 1.165) is 12.1 Å². The van der Waals surface area contributed by atoms with Crippen LogP contribution >= 0.6 is 0 Å². The molecule has 0 spiro atoms. The first-order chi connectivity index (χ1) is 10.5. The molecule has 5 nitrogen and oxygen atoms in total. The smallest absolute Gasteiger partial charge is 0.416 e. The van der Waals surface area contributed by atoms with Crippen LogP contribution < -0.4 is 10.6 Å². The fourth-order valence-electron chi connectivity index (χ4n) is 2.00. The lowest BCUT2D eigenvalue weighted by molar-refractivity contribution is -0.138. The van der Waals surface area contributed by atoms with Gasteiger partial charge in [0.1, 0.15) is 0 Å². The summed E-state index contributed by atoms with van der Waals surface area (Å²) in [5.41, 5.74) is -0.778. The van der Waals surface area contributed by atoms with Crippen molar-refractivity contribution in [3.05, 3.63) is 35.4 Å². The molecule has 0 bridgehead atoms. The second-order valence-electron chi connectivity index (χ2n) is 5.78. The van der Waals surface area contributed by atoms with Crippen LogP contribution in [-0.4, -0.2) is 29.2 Å². The van der Waals surface area contributed by atoms with E-state index in [2.05, 4.69) is 10.6 Å². The van der Waals surface area contributed by atoms with Crippen LogP contribution in [0.5, 0.6) is 0 Å². The number of alkyl halides is 3. The lowest BCUT2D eigenvalue weighted by atomic mass is 9.94. The number of rotatable bonds is 6. The van der Waals surface area contributed by atoms with Crippen molar-refractivity contribution in [3.63, 3.8) is 0 Å². The monoisotopic (exact) mass is 332 g/mol. The standard InChI is InChI=1S/C15H19F3N2O3/c1-14(2,20-13(23)19-8-7-12(21)22)9-10-3-5-11(6-4-10)15(16,17)18/h3-6H,7-9H2,1-2H3,(H,21,22)(H2,19,20,23). The van der Waals surface area contributed by atoms with E-state index in [0.29, 0.717) is 12.0 Å². The molecule has 128 valence electrons. The van der Waals surface area contributed by atoms with Crippen LogP contribution in [0.2, 0.25) is 0 Å². The number of urea groups is 1. The highest BCUT2D eigenvalue weighted by Gasteiger charge is 2.30. The number of halogens is 3. The summed E-state index contributed by atoms with van der Waals surface area (Å²) in [5, 5.41) is 13.5. The van der Waals surface area contributed by atoms with Crippen LogP contribution in [0.4, 0.5) is 18.0 Å². The molecule has 0 fully saturated rings. The first-order valence-corrected chi connectivity index (χ1v) is 6.93. The molecule has 0 aliphatic carbocycles. The van der Waals surface area contributed by atoms with Gasteiger partial charge in [-0.3, -0.25) is 4.79 Å². The van der Waals surface area contributed by atoms with Crippen LogP contribution in [0.25, 0.3) is 0 Å². The molecule has 0 aromatic heterocycles. The molecule has 1 aromatic carbocycles. The van der Waals surface area contributed by atoms with E-state index in [9.17, 15) is 22.8 Å². The number of nitrogens with one attached hydrogen (secondary N) is 2. The average Bonchev–Trinajstić information content (AvgIpc) is 2.36. The third-order valence-electron chi connectivity index (χ3n) is 3.00. The van der Waals surface area contributed by atoms with Gasteiger partial charge in [0, 0.05) is 12.1 Å². The molecule has 1 rings (SSSR count). The third-order valence-corrected chi connectivity index (χ3v) is 3.00. The van der Waals surface area contributed by atoms with E-state index in [-0.39, 0.29) is 13.0 Å². The van der Waals surface area contributed by atoms with E-state index in [1.807, 2.05) is 0 Å². The van der Waals surface area contributed by atoms with Crippen LogP contribution in [0.3, 0.4) is 0 Å². The number of hydrogen-bond donors (Lipinski definition) is 3. The van der Waals surface area contributed by atoms with Crippen LogP contribution in [-0.2, 0) is 17.4 Å². The van der Waals surface area contributed by atoms with Gasteiger partial charge in [0.15, 0.2) is 0 Å². The van der Waals surface area contributed by atoms with Crippen LogP contribution in [0, 0.1) is 0 Å². The quantitative estimate of drug-likeness (QED) is 0.749. The average molecular weight is 332 g/mol. The summed E-state index contributed by atoms with van der Waals surface area (Å²) in [5.74, 6) is -1.02. The Morgan fingerprint density at radius 1 is 1.13 bits per heavy atom. The minimum absolute atomic E-state index is 0.00245. The summed E-state index contributed by atoms with van der Waals surface area (Å²) in [6.07, 6.45) is -4.24. The van der Waals surface area contributed by atoms with E-state index in [4.69, 9.17) is 5.11 Å². The molecular formula is C15H19F3N2O3. The lowest BCUT2D eigenvalue weighted by Crippen LogP contribution is -2.49. The number of carbonyl (C=O) groups is 2. The minimum atomic E-state index is -4.38. The number of carbonyl (C=O) groups excluding carboxylic acids is 1. The van der Waals surface area contributed by atoms with E-state index in [1.165, 1.54) is 12.1 Å². The predicted octanol–water partition coefficient (Wildman–Crippen LogP) is 2.80. The van der Waals surface area contributed by atoms with Crippen molar-refractivity contribution in [2.45, 2.75) is 38.4 Å². The Bertz CT molecular complexity index is 554. The van der Waals surface area contributed by atoms with Crippen molar-refractivity contribution in [2.24, 2.45) is 0 Å². The number of benzene rings is 1. The van der Waals surface area contributed by atoms with Crippen molar-refractivity contribution >= 4 is 12.0 Å². The van der Waals surface area contributed by atoms with Gasteiger partial charge in [-0.25, -0.2) is 4.79 Å². The van der Waals surface area contributed by atoms with Gasteiger partial charge in [0.2, 0.25) is 0 Å². The van der Waals surface area contributed by atoms with Gasteiger partial charge in [0.25, 0.3) is 0 Å². The number of aliphatic carboxylic acids is 1. The molecule has 0 saturated heterocycles. The van der Waals surface area contributed by atoms with E-state index < -0.39 is 29.3 Å². The molecule has 0 atom stereocenters. The minimum Gasteiger partial charge on any atom is -0.481 e. The summed E-state index contributed by atoms with van der Waals surface area (Å²) in [7, 11) is 0. The van der Waals surface area contributed by atoms with Crippen LogP contribution in [0.15, 0.2) is 24.3 Å². The molecule has 0 aliphatic heterocycles. The molecule has 0 saturated carbocycles. The van der Waals surface area contributed by atoms with Crippen molar-refractivity contribution in [1.29, 1.82) is 0 Å². The number of carboxylic acids is 1. The van der Waals surface area contributed by atoms with Gasteiger partial charge >= 0.3 is 18.2 Å². The zero-order valence-corrected chi connectivity index (χ0v) is 12.8. The summed E-state index contributed by atoms with van der Waals surface area (Å²) in [4.78, 5) is 22.0. The zero-order chi connectivity index (χ0) is 17.7. The molecule has 2 amide bonds. The SMILES string of the molecule is CC(C)(Cc1ccc(C(F)(F)F)cc1)NC(=O)NCCC(=O)O. The molecule has 0 heterocycles. The van der Waals surface area contributed by atoms with Gasteiger partial charge in [-0.05, 0) is 38.0 Å². The van der Waals surface area contributed by atoms with Gasteiger partial charge in [-0.15, -0.1) is 0 Å². The third kappa shape index (κ3) is 7.03.